The van der Waals surface area contributed by atoms with E-state index in [0.717, 1.165) is 10.7 Å². The maximum absolute atomic E-state index is 12.8. The van der Waals surface area contributed by atoms with Gasteiger partial charge in [-0.15, -0.1) is 0 Å². The Kier molecular flexibility index (Phi) is 5.03. The summed E-state index contributed by atoms with van der Waals surface area (Å²) in [6.07, 6.45) is 0. The van der Waals surface area contributed by atoms with Gasteiger partial charge in [-0.3, -0.25) is 4.79 Å². The Morgan fingerprint density at radius 2 is 1.54 bits per heavy atom. The second-order valence-electron chi connectivity index (χ2n) is 6.40. The van der Waals surface area contributed by atoms with E-state index in [0.29, 0.717) is 32.0 Å². The third-order valence-corrected chi connectivity index (χ3v) is 5.45. The number of amides is 1. The summed E-state index contributed by atoms with van der Waals surface area (Å²) in [5.74, 6) is -0.640. The minimum Gasteiger partial charge on any atom is -0.478 e. The highest BCUT2D eigenvalue weighted by molar-refractivity contribution is 7.09. The number of aromatic carboxylic acids is 1. The number of carbonyl (C=O) groups excluding carboxylic acids is 1. The van der Waals surface area contributed by atoms with Gasteiger partial charge in [-0.05, 0) is 12.1 Å². The highest BCUT2D eigenvalue weighted by Gasteiger charge is 2.26. The molecule has 142 valence electrons. The topological polar surface area (TPSA) is 86.6 Å². The molecule has 0 unspecified atom stereocenters. The number of benzene rings is 2. The van der Waals surface area contributed by atoms with Crippen LogP contribution in [0.4, 0.5) is 5.13 Å². The summed E-state index contributed by atoms with van der Waals surface area (Å²) in [6, 6.07) is 16.1. The van der Waals surface area contributed by atoms with Crippen LogP contribution in [-0.4, -0.2) is 57.4 Å². The van der Waals surface area contributed by atoms with E-state index in [-0.39, 0.29) is 17.0 Å². The summed E-state index contributed by atoms with van der Waals surface area (Å²) in [5, 5.41) is 10.1. The summed E-state index contributed by atoms with van der Waals surface area (Å²) in [7, 11) is 0. The molecule has 2 aromatic carbocycles. The molecule has 4 rings (SSSR count). The lowest BCUT2D eigenvalue weighted by Crippen LogP contribution is -2.49. The van der Waals surface area contributed by atoms with Crippen molar-refractivity contribution in [3.05, 3.63) is 65.7 Å². The van der Waals surface area contributed by atoms with E-state index in [9.17, 15) is 14.7 Å². The SMILES string of the molecule is O=C(O)c1ccccc1C(=O)N1CCN(c2nc(-c3ccccc3)ns2)CC1. The molecule has 0 aliphatic carbocycles. The average Bonchev–Trinajstić information content (AvgIpc) is 3.24. The van der Waals surface area contributed by atoms with Crippen molar-refractivity contribution in [3.63, 3.8) is 0 Å². The molecule has 1 N–H and O–H groups in total. The molecule has 8 heteroatoms. The molecule has 1 amide bonds. The van der Waals surface area contributed by atoms with E-state index < -0.39 is 5.97 Å². The highest BCUT2D eigenvalue weighted by Crippen LogP contribution is 2.25. The lowest BCUT2D eigenvalue weighted by Gasteiger charge is -2.34. The smallest absolute Gasteiger partial charge is 0.336 e. The summed E-state index contributed by atoms with van der Waals surface area (Å²) >= 11 is 1.35. The quantitative estimate of drug-likeness (QED) is 0.732. The molecule has 0 bridgehead atoms. The number of nitrogens with zero attached hydrogens (tertiary/aromatic N) is 4. The summed E-state index contributed by atoms with van der Waals surface area (Å²) < 4.78 is 4.44. The largest absolute Gasteiger partial charge is 0.478 e. The number of aromatic nitrogens is 2. The standard InChI is InChI=1S/C20H18N4O3S/c25-18(15-8-4-5-9-16(15)19(26)27)23-10-12-24(13-11-23)20-21-17(22-28-20)14-6-2-1-3-7-14/h1-9H,10-13H2,(H,26,27). The molecule has 2 heterocycles. The number of hydrogen-bond acceptors (Lipinski definition) is 6. The minimum atomic E-state index is -1.09. The fraction of sp³-hybridized carbons (Fsp3) is 0.200. The van der Waals surface area contributed by atoms with Gasteiger partial charge < -0.3 is 14.9 Å². The van der Waals surface area contributed by atoms with E-state index in [1.165, 1.54) is 17.6 Å². The Hall–Kier alpha value is -3.26. The van der Waals surface area contributed by atoms with E-state index in [1.54, 1.807) is 23.1 Å². The van der Waals surface area contributed by atoms with Crippen molar-refractivity contribution in [1.82, 2.24) is 14.3 Å². The van der Waals surface area contributed by atoms with Crippen LogP contribution in [0.3, 0.4) is 0 Å². The normalized spacial score (nSPS) is 14.1. The van der Waals surface area contributed by atoms with Crippen LogP contribution in [0, 0.1) is 0 Å². The van der Waals surface area contributed by atoms with Gasteiger partial charge in [-0.25, -0.2) is 4.79 Å². The fourth-order valence-corrected chi connectivity index (χ4v) is 3.92. The molecular weight excluding hydrogens is 376 g/mol. The van der Waals surface area contributed by atoms with Crippen LogP contribution in [0.15, 0.2) is 54.6 Å². The van der Waals surface area contributed by atoms with Gasteiger partial charge in [0.1, 0.15) is 0 Å². The van der Waals surface area contributed by atoms with Crippen LogP contribution in [0.1, 0.15) is 20.7 Å². The number of carbonyl (C=O) groups is 2. The molecule has 1 aromatic heterocycles. The number of anilines is 1. The first-order chi connectivity index (χ1) is 13.6. The Morgan fingerprint density at radius 3 is 2.21 bits per heavy atom. The van der Waals surface area contributed by atoms with Gasteiger partial charge in [0.25, 0.3) is 5.91 Å². The summed E-state index contributed by atoms with van der Waals surface area (Å²) in [6.45, 7) is 2.27. The van der Waals surface area contributed by atoms with E-state index >= 15 is 0 Å². The first-order valence-corrected chi connectivity index (χ1v) is 9.66. The van der Waals surface area contributed by atoms with Crippen LogP contribution in [0.2, 0.25) is 0 Å². The first-order valence-electron chi connectivity index (χ1n) is 8.89. The van der Waals surface area contributed by atoms with Crippen LogP contribution < -0.4 is 4.90 Å². The highest BCUT2D eigenvalue weighted by atomic mass is 32.1. The zero-order valence-corrected chi connectivity index (χ0v) is 15.8. The van der Waals surface area contributed by atoms with Gasteiger partial charge in [-0.2, -0.15) is 9.36 Å². The number of carboxylic acid groups (broad SMARTS) is 1. The molecule has 7 nitrogen and oxygen atoms in total. The van der Waals surface area contributed by atoms with Crippen LogP contribution in [-0.2, 0) is 0 Å². The fourth-order valence-electron chi connectivity index (χ4n) is 3.18. The molecule has 0 radical (unpaired) electrons. The molecule has 0 atom stereocenters. The van der Waals surface area contributed by atoms with Crippen LogP contribution >= 0.6 is 11.5 Å². The van der Waals surface area contributed by atoms with Gasteiger partial charge in [0.2, 0.25) is 5.13 Å². The van der Waals surface area contributed by atoms with Crippen molar-refractivity contribution in [2.75, 3.05) is 31.1 Å². The number of carboxylic acids is 1. The zero-order chi connectivity index (χ0) is 19.5. The van der Waals surface area contributed by atoms with Crippen molar-refractivity contribution < 1.29 is 14.7 Å². The third-order valence-electron chi connectivity index (χ3n) is 4.67. The number of piperazine rings is 1. The first kappa shape index (κ1) is 18.1. The van der Waals surface area contributed by atoms with Crippen molar-refractivity contribution in [1.29, 1.82) is 0 Å². The van der Waals surface area contributed by atoms with Gasteiger partial charge in [0.15, 0.2) is 5.82 Å². The molecule has 28 heavy (non-hydrogen) atoms. The second-order valence-corrected chi connectivity index (χ2v) is 7.13. The van der Waals surface area contributed by atoms with Gasteiger partial charge >= 0.3 is 5.97 Å². The van der Waals surface area contributed by atoms with E-state index in [4.69, 9.17) is 0 Å². The Bertz CT molecular complexity index is 997. The third kappa shape index (κ3) is 3.59. The molecule has 1 aliphatic heterocycles. The monoisotopic (exact) mass is 394 g/mol. The molecule has 3 aromatic rings. The Labute approximate surface area is 166 Å². The van der Waals surface area contributed by atoms with Gasteiger partial charge in [-0.1, -0.05) is 42.5 Å². The van der Waals surface area contributed by atoms with Crippen LogP contribution in [0.25, 0.3) is 11.4 Å². The number of hydrogen-bond donors (Lipinski definition) is 1. The van der Waals surface area contributed by atoms with Crippen LogP contribution in [0.5, 0.6) is 0 Å². The van der Waals surface area contributed by atoms with Crippen molar-refractivity contribution in [2.24, 2.45) is 0 Å². The zero-order valence-electron chi connectivity index (χ0n) is 15.0. The van der Waals surface area contributed by atoms with Crippen molar-refractivity contribution >= 4 is 28.5 Å². The molecule has 0 saturated carbocycles. The molecule has 1 aliphatic rings. The predicted molar refractivity (Wildman–Crippen MR) is 107 cm³/mol. The molecule has 0 spiro atoms. The molecule has 1 saturated heterocycles. The van der Waals surface area contributed by atoms with E-state index in [2.05, 4.69) is 14.3 Å². The predicted octanol–water partition coefficient (Wildman–Crippen LogP) is 2.87. The Balaban J connectivity index is 1.43. The summed E-state index contributed by atoms with van der Waals surface area (Å²) in [5.41, 5.74) is 1.24. The lowest BCUT2D eigenvalue weighted by atomic mass is 10.1. The number of rotatable bonds is 4. The van der Waals surface area contributed by atoms with Gasteiger partial charge in [0.05, 0.1) is 11.1 Å². The van der Waals surface area contributed by atoms with Gasteiger partial charge in [0, 0.05) is 43.3 Å². The second kappa shape index (κ2) is 7.77. The Morgan fingerprint density at radius 1 is 0.893 bits per heavy atom. The maximum atomic E-state index is 12.8. The molecule has 1 fully saturated rings. The maximum Gasteiger partial charge on any atom is 0.336 e. The lowest BCUT2D eigenvalue weighted by molar-refractivity contribution is 0.0673. The summed E-state index contributed by atoms with van der Waals surface area (Å²) in [4.78, 5) is 32.6. The van der Waals surface area contributed by atoms with E-state index in [1.807, 2.05) is 30.3 Å². The van der Waals surface area contributed by atoms with Crippen molar-refractivity contribution in [3.8, 4) is 11.4 Å². The minimum absolute atomic E-state index is 0.0338. The average molecular weight is 394 g/mol. The van der Waals surface area contributed by atoms with Crippen molar-refractivity contribution in [2.45, 2.75) is 0 Å². The molecular formula is C20H18N4O3S.